The number of carbonyl (C=O) groups is 2. The topological polar surface area (TPSA) is 76.7 Å². The number of thiophene rings is 1. The summed E-state index contributed by atoms with van der Waals surface area (Å²) >= 11 is 0.264. The second kappa shape index (κ2) is 8.73. The highest BCUT2D eigenvalue weighted by Gasteiger charge is 2.35. The van der Waals surface area contributed by atoms with Crippen LogP contribution in [0.5, 0.6) is 0 Å². The van der Waals surface area contributed by atoms with E-state index in [9.17, 15) is 22.8 Å². The molecule has 1 aromatic rings. The van der Waals surface area contributed by atoms with Crippen LogP contribution in [0.2, 0.25) is 0 Å². The van der Waals surface area contributed by atoms with E-state index in [1.54, 1.807) is 6.92 Å². The molecule has 23 heavy (non-hydrogen) atoms. The van der Waals surface area contributed by atoms with Crippen LogP contribution in [-0.2, 0) is 15.7 Å². The third-order valence-corrected chi connectivity index (χ3v) is 3.57. The van der Waals surface area contributed by atoms with Crippen molar-refractivity contribution in [1.82, 2.24) is 5.32 Å². The van der Waals surface area contributed by atoms with E-state index in [0.29, 0.717) is 12.7 Å². The van der Waals surface area contributed by atoms with Gasteiger partial charge >= 0.3 is 18.2 Å². The maximum Gasteiger partial charge on any atom is 0.425 e. The predicted octanol–water partition coefficient (Wildman–Crippen LogP) is 3.10. The fourth-order valence-electron chi connectivity index (χ4n) is 1.51. The fraction of sp³-hybridized carbons (Fsp3) is 0.538. The number of anilines is 1. The zero-order valence-electron chi connectivity index (χ0n) is 12.6. The summed E-state index contributed by atoms with van der Waals surface area (Å²) in [6.45, 7) is 4.27. The third kappa shape index (κ3) is 6.06. The summed E-state index contributed by atoms with van der Waals surface area (Å²) in [5.74, 6) is -0.927. The summed E-state index contributed by atoms with van der Waals surface area (Å²) in [6, 6.07) is -0.0656. The Labute approximate surface area is 135 Å². The molecule has 0 bridgehead atoms. The smallest absolute Gasteiger partial charge is 0.425 e. The number of rotatable bonds is 7. The number of hydrogen-bond acceptors (Lipinski definition) is 5. The van der Waals surface area contributed by atoms with Crippen LogP contribution in [0.25, 0.3) is 0 Å². The molecular weight excluding hydrogens is 337 g/mol. The third-order valence-electron chi connectivity index (χ3n) is 2.47. The van der Waals surface area contributed by atoms with E-state index in [0.717, 1.165) is 0 Å². The number of esters is 1. The molecule has 1 heterocycles. The van der Waals surface area contributed by atoms with Crippen LogP contribution in [0, 0.1) is 0 Å². The Hall–Kier alpha value is -1.81. The summed E-state index contributed by atoms with van der Waals surface area (Å²) in [7, 11) is 0. The van der Waals surface area contributed by atoms with Gasteiger partial charge in [0.1, 0.15) is 9.88 Å². The Morgan fingerprint density at radius 2 is 1.96 bits per heavy atom. The van der Waals surface area contributed by atoms with E-state index in [1.165, 1.54) is 6.92 Å². The Kier molecular flexibility index (Phi) is 7.30. The van der Waals surface area contributed by atoms with Gasteiger partial charge in [0.15, 0.2) is 0 Å². The zero-order valence-corrected chi connectivity index (χ0v) is 13.4. The first-order valence-corrected chi connectivity index (χ1v) is 7.62. The van der Waals surface area contributed by atoms with Gasteiger partial charge in [-0.25, -0.2) is 9.59 Å². The van der Waals surface area contributed by atoms with Crippen molar-refractivity contribution in [3.05, 3.63) is 16.5 Å². The van der Waals surface area contributed by atoms with Crippen LogP contribution in [0.15, 0.2) is 6.07 Å². The average Bonchev–Trinajstić information content (AvgIpc) is 2.88. The zero-order chi connectivity index (χ0) is 17.5. The lowest BCUT2D eigenvalue weighted by Gasteiger charge is -2.08. The Bertz CT molecular complexity index is 546. The van der Waals surface area contributed by atoms with E-state index in [4.69, 9.17) is 9.47 Å². The van der Waals surface area contributed by atoms with E-state index in [1.807, 2.05) is 0 Å². The molecule has 6 nitrogen and oxygen atoms in total. The van der Waals surface area contributed by atoms with Crippen LogP contribution in [0.3, 0.4) is 0 Å². The van der Waals surface area contributed by atoms with Crippen molar-refractivity contribution in [2.75, 3.05) is 31.7 Å². The van der Waals surface area contributed by atoms with E-state index in [2.05, 4.69) is 10.6 Å². The minimum Gasteiger partial charge on any atom is -0.462 e. The molecule has 0 aromatic carbocycles. The first kappa shape index (κ1) is 19.2. The van der Waals surface area contributed by atoms with Crippen molar-refractivity contribution in [2.45, 2.75) is 20.0 Å². The summed E-state index contributed by atoms with van der Waals surface area (Å²) in [6.07, 6.45) is -4.61. The molecule has 10 heteroatoms. The lowest BCUT2D eigenvalue weighted by Crippen LogP contribution is -2.31. The summed E-state index contributed by atoms with van der Waals surface area (Å²) in [5, 5.41) is 4.42. The van der Waals surface area contributed by atoms with Gasteiger partial charge in [-0.05, 0) is 19.9 Å². The molecule has 130 valence electrons. The van der Waals surface area contributed by atoms with Crippen LogP contribution >= 0.6 is 11.3 Å². The first-order valence-electron chi connectivity index (χ1n) is 6.80. The molecule has 0 aliphatic rings. The van der Waals surface area contributed by atoms with E-state index < -0.39 is 23.1 Å². The molecule has 0 unspecified atom stereocenters. The highest BCUT2D eigenvalue weighted by atomic mass is 32.1. The van der Waals surface area contributed by atoms with Gasteiger partial charge in [-0.1, -0.05) is 0 Å². The minimum absolute atomic E-state index is 0.00994. The number of ether oxygens (including phenoxy) is 2. The SMILES string of the molecule is CCOCCNC(=O)Nc1sc(C(F)(F)F)cc1C(=O)OCC. The lowest BCUT2D eigenvalue weighted by molar-refractivity contribution is -0.134. The second-order valence-corrected chi connectivity index (χ2v) is 5.20. The number of hydrogen-bond donors (Lipinski definition) is 2. The number of nitrogens with one attached hydrogen (secondary N) is 2. The maximum atomic E-state index is 12.8. The van der Waals surface area contributed by atoms with Crippen LogP contribution in [-0.4, -0.2) is 38.4 Å². The molecule has 0 spiro atoms. The van der Waals surface area contributed by atoms with Crippen molar-refractivity contribution in [2.24, 2.45) is 0 Å². The van der Waals surface area contributed by atoms with Crippen LogP contribution in [0.4, 0.5) is 23.0 Å². The Morgan fingerprint density at radius 1 is 1.26 bits per heavy atom. The normalized spacial score (nSPS) is 11.2. The first-order chi connectivity index (χ1) is 10.8. The molecule has 0 aliphatic carbocycles. The summed E-state index contributed by atoms with van der Waals surface area (Å²) < 4.78 is 48.0. The Morgan fingerprint density at radius 3 is 2.52 bits per heavy atom. The molecule has 0 saturated heterocycles. The average molecular weight is 354 g/mol. The molecule has 0 atom stereocenters. The van der Waals surface area contributed by atoms with Gasteiger partial charge in [-0.3, -0.25) is 5.32 Å². The van der Waals surface area contributed by atoms with Gasteiger partial charge in [0.05, 0.1) is 18.8 Å². The number of carbonyl (C=O) groups excluding carboxylic acids is 2. The van der Waals surface area contributed by atoms with E-state index in [-0.39, 0.29) is 41.7 Å². The summed E-state index contributed by atoms with van der Waals surface area (Å²) in [4.78, 5) is 22.4. The van der Waals surface area contributed by atoms with Crippen LogP contribution in [0.1, 0.15) is 29.1 Å². The second-order valence-electron chi connectivity index (χ2n) is 4.15. The van der Waals surface area contributed by atoms with Gasteiger partial charge in [0, 0.05) is 13.2 Å². The Balaban J connectivity index is 2.84. The lowest BCUT2D eigenvalue weighted by atomic mass is 10.3. The van der Waals surface area contributed by atoms with Gasteiger partial charge in [0.2, 0.25) is 0 Å². The van der Waals surface area contributed by atoms with Crippen molar-refractivity contribution >= 4 is 28.3 Å². The number of amides is 2. The van der Waals surface area contributed by atoms with Gasteiger partial charge < -0.3 is 14.8 Å². The van der Waals surface area contributed by atoms with Gasteiger partial charge in [0.25, 0.3) is 0 Å². The van der Waals surface area contributed by atoms with E-state index >= 15 is 0 Å². The molecule has 2 amide bonds. The largest absolute Gasteiger partial charge is 0.462 e. The molecule has 0 aliphatic heterocycles. The minimum atomic E-state index is -4.61. The fourth-order valence-corrected chi connectivity index (χ4v) is 2.42. The standard InChI is InChI=1S/C13H17F3N2O4S/c1-3-21-6-5-17-12(20)18-10-8(11(19)22-4-2)7-9(23-10)13(14,15)16/h7H,3-6H2,1-2H3,(H2,17,18,20). The van der Waals surface area contributed by atoms with Crippen molar-refractivity contribution in [3.8, 4) is 0 Å². The van der Waals surface area contributed by atoms with Crippen molar-refractivity contribution in [3.63, 3.8) is 0 Å². The molecular formula is C13H17F3N2O4S. The molecule has 0 radical (unpaired) electrons. The molecule has 0 fully saturated rings. The summed E-state index contributed by atoms with van der Waals surface area (Å²) in [5.41, 5.74) is -0.330. The number of alkyl halides is 3. The van der Waals surface area contributed by atoms with Gasteiger partial charge in [-0.2, -0.15) is 13.2 Å². The van der Waals surface area contributed by atoms with Crippen molar-refractivity contribution < 1.29 is 32.2 Å². The molecule has 1 rings (SSSR count). The monoisotopic (exact) mass is 354 g/mol. The maximum absolute atomic E-state index is 12.8. The number of halogens is 3. The number of urea groups is 1. The molecule has 1 aromatic heterocycles. The molecule has 0 saturated carbocycles. The predicted molar refractivity (Wildman–Crippen MR) is 78.8 cm³/mol. The van der Waals surface area contributed by atoms with Crippen LogP contribution < -0.4 is 10.6 Å². The van der Waals surface area contributed by atoms with Crippen molar-refractivity contribution in [1.29, 1.82) is 0 Å². The molecule has 2 N–H and O–H groups in total. The highest BCUT2D eigenvalue weighted by molar-refractivity contribution is 7.16. The highest BCUT2D eigenvalue weighted by Crippen LogP contribution is 2.39. The van der Waals surface area contributed by atoms with Gasteiger partial charge in [-0.15, -0.1) is 11.3 Å². The quantitative estimate of drug-likeness (QED) is 0.583.